The molecule has 0 saturated carbocycles. The van der Waals surface area contributed by atoms with Crippen LogP contribution in [0.15, 0.2) is 42.5 Å². The Labute approximate surface area is 118 Å². The number of nitrogen functional groups attached to an aromatic ring is 1. The third-order valence-corrected chi connectivity index (χ3v) is 3.36. The average molecular weight is 269 g/mol. The maximum Gasteiger partial charge on any atom is 0.248 e. The number of aryl methyl sites for hydroxylation is 1. The van der Waals surface area contributed by atoms with Gasteiger partial charge in [-0.1, -0.05) is 24.3 Å². The van der Waals surface area contributed by atoms with E-state index in [0.29, 0.717) is 11.3 Å². The second-order valence-corrected chi connectivity index (χ2v) is 4.89. The Bertz CT molecular complexity index is 637. The number of primary amides is 1. The van der Waals surface area contributed by atoms with Gasteiger partial charge >= 0.3 is 0 Å². The highest BCUT2D eigenvalue weighted by molar-refractivity contribution is 5.94. The Kier molecular flexibility index (Phi) is 3.94. The van der Waals surface area contributed by atoms with Crippen molar-refractivity contribution in [1.29, 1.82) is 0 Å². The molecule has 2 aromatic rings. The van der Waals surface area contributed by atoms with Gasteiger partial charge in [-0.25, -0.2) is 0 Å². The maximum absolute atomic E-state index is 11.2. The lowest BCUT2D eigenvalue weighted by Gasteiger charge is -2.19. The molecule has 0 saturated heterocycles. The van der Waals surface area contributed by atoms with Crippen LogP contribution in [-0.2, 0) is 0 Å². The summed E-state index contributed by atoms with van der Waals surface area (Å²) in [6, 6.07) is 13.2. The van der Waals surface area contributed by atoms with Gasteiger partial charge in [0, 0.05) is 11.6 Å². The van der Waals surface area contributed by atoms with E-state index < -0.39 is 5.91 Å². The number of anilines is 2. The van der Waals surface area contributed by atoms with Crippen LogP contribution in [0.5, 0.6) is 0 Å². The quantitative estimate of drug-likeness (QED) is 0.746. The third kappa shape index (κ3) is 2.91. The number of nitrogens with two attached hydrogens (primary N) is 2. The van der Waals surface area contributed by atoms with Crippen molar-refractivity contribution in [3.8, 4) is 0 Å². The molecule has 0 spiro atoms. The monoisotopic (exact) mass is 269 g/mol. The fourth-order valence-electron chi connectivity index (χ4n) is 2.22. The zero-order chi connectivity index (χ0) is 14.7. The summed E-state index contributed by atoms with van der Waals surface area (Å²) in [4.78, 5) is 11.2. The maximum atomic E-state index is 11.2. The Balaban J connectivity index is 2.28. The first-order valence-electron chi connectivity index (χ1n) is 6.50. The summed E-state index contributed by atoms with van der Waals surface area (Å²) >= 11 is 0. The first-order chi connectivity index (χ1) is 9.49. The van der Waals surface area contributed by atoms with Crippen molar-refractivity contribution in [2.45, 2.75) is 19.9 Å². The molecule has 4 heteroatoms. The van der Waals surface area contributed by atoms with E-state index in [4.69, 9.17) is 11.5 Å². The van der Waals surface area contributed by atoms with Crippen molar-refractivity contribution in [1.82, 2.24) is 0 Å². The molecule has 0 fully saturated rings. The topological polar surface area (TPSA) is 81.1 Å². The number of amides is 1. The molecule has 20 heavy (non-hydrogen) atoms. The van der Waals surface area contributed by atoms with Crippen molar-refractivity contribution >= 4 is 17.3 Å². The van der Waals surface area contributed by atoms with Gasteiger partial charge in [0.15, 0.2) is 0 Å². The fourth-order valence-corrected chi connectivity index (χ4v) is 2.22. The molecule has 0 bridgehead atoms. The molecular weight excluding hydrogens is 250 g/mol. The van der Waals surface area contributed by atoms with Gasteiger partial charge in [-0.05, 0) is 43.2 Å². The summed E-state index contributed by atoms with van der Waals surface area (Å²) < 4.78 is 0. The van der Waals surface area contributed by atoms with E-state index in [-0.39, 0.29) is 6.04 Å². The lowest BCUT2D eigenvalue weighted by molar-refractivity contribution is 0.100. The molecule has 0 aromatic heterocycles. The van der Waals surface area contributed by atoms with Crippen molar-refractivity contribution in [3.63, 3.8) is 0 Å². The first kappa shape index (κ1) is 13.9. The van der Waals surface area contributed by atoms with Gasteiger partial charge in [-0.15, -0.1) is 0 Å². The molecule has 0 aliphatic rings. The van der Waals surface area contributed by atoms with Crippen molar-refractivity contribution in [2.75, 3.05) is 11.1 Å². The normalized spacial score (nSPS) is 11.9. The number of hydrogen-bond donors (Lipinski definition) is 3. The first-order valence-corrected chi connectivity index (χ1v) is 6.50. The van der Waals surface area contributed by atoms with Crippen molar-refractivity contribution in [2.24, 2.45) is 5.73 Å². The fraction of sp³-hybridized carbons (Fsp3) is 0.188. The zero-order valence-corrected chi connectivity index (χ0v) is 11.7. The molecule has 2 aromatic carbocycles. The van der Waals surface area contributed by atoms with E-state index in [2.05, 4.69) is 31.3 Å². The second-order valence-electron chi connectivity index (χ2n) is 4.89. The predicted octanol–water partition coefficient (Wildman–Crippen LogP) is 2.85. The molecule has 0 aliphatic carbocycles. The standard InChI is InChI=1S/C16H19N3O/c1-10-5-3-4-6-13(10)11(2)19-15-9-12(16(18)20)7-8-14(15)17/h3-9,11,19H,17H2,1-2H3,(H2,18,20). The van der Waals surface area contributed by atoms with Gasteiger partial charge in [0.05, 0.1) is 11.4 Å². The van der Waals surface area contributed by atoms with E-state index in [1.807, 2.05) is 12.1 Å². The van der Waals surface area contributed by atoms with Crippen LogP contribution in [0.2, 0.25) is 0 Å². The summed E-state index contributed by atoms with van der Waals surface area (Å²) in [6.07, 6.45) is 0. The minimum Gasteiger partial charge on any atom is -0.397 e. The smallest absolute Gasteiger partial charge is 0.248 e. The van der Waals surface area contributed by atoms with Gasteiger partial charge in [-0.2, -0.15) is 0 Å². The van der Waals surface area contributed by atoms with E-state index in [0.717, 1.165) is 5.69 Å². The molecule has 0 heterocycles. The molecule has 2 rings (SSSR count). The molecule has 1 amide bonds. The Morgan fingerprint density at radius 3 is 2.55 bits per heavy atom. The van der Waals surface area contributed by atoms with Crippen LogP contribution in [0.25, 0.3) is 0 Å². The zero-order valence-electron chi connectivity index (χ0n) is 11.7. The molecule has 0 aliphatic heterocycles. The van der Waals surface area contributed by atoms with E-state index in [1.165, 1.54) is 11.1 Å². The molecule has 104 valence electrons. The molecular formula is C16H19N3O. The van der Waals surface area contributed by atoms with Gasteiger partial charge < -0.3 is 16.8 Å². The predicted molar refractivity (Wildman–Crippen MR) is 82.6 cm³/mol. The lowest BCUT2D eigenvalue weighted by Crippen LogP contribution is -2.13. The highest BCUT2D eigenvalue weighted by Crippen LogP contribution is 2.26. The van der Waals surface area contributed by atoms with Crippen LogP contribution in [0.1, 0.15) is 34.5 Å². The summed E-state index contributed by atoms with van der Waals surface area (Å²) in [6.45, 7) is 4.12. The van der Waals surface area contributed by atoms with Crippen LogP contribution in [0.4, 0.5) is 11.4 Å². The highest BCUT2D eigenvalue weighted by Gasteiger charge is 2.11. The average Bonchev–Trinajstić information content (AvgIpc) is 2.41. The molecule has 4 nitrogen and oxygen atoms in total. The number of hydrogen-bond acceptors (Lipinski definition) is 3. The van der Waals surface area contributed by atoms with Crippen LogP contribution >= 0.6 is 0 Å². The molecule has 0 radical (unpaired) electrons. The van der Waals surface area contributed by atoms with Gasteiger partial charge in [0.2, 0.25) is 5.91 Å². The van der Waals surface area contributed by atoms with Crippen molar-refractivity contribution in [3.05, 3.63) is 59.2 Å². The SMILES string of the molecule is Cc1ccccc1C(C)Nc1cc(C(N)=O)ccc1N. The summed E-state index contributed by atoms with van der Waals surface area (Å²) in [7, 11) is 0. The van der Waals surface area contributed by atoms with Crippen LogP contribution in [0.3, 0.4) is 0 Å². The second kappa shape index (κ2) is 5.65. The number of carbonyl (C=O) groups excluding carboxylic acids is 1. The van der Waals surface area contributed by atoms with Crippen LogP contribution < -0.4 is 16.8 Å². The number of carbonyl (C=O) groups is 1. The van der Waals surface area contributed by atoms with Gasteiger partial charge in [0.25, 0.3) is 0 Å². The molecule has 1 unspecified atom stereocenters. The lowest BCUT2D eigenvalue weighted by atomic mass is 10.0. The summed E-state index contributed by atoms with van der Waals surface area (Å²) in [5.74, 6) is -0.461. The van der Waals surface area contributed by atoms with Crippen molar-refractivity contribution < 1.29 is 4.79 Å². The number of rotatable bonds is 4. The van der Waals surface area contributed by atoms with E-state index in [1.54, 1.807) is 18.2 Å². The number of nitrogens with one attached hydrogen (secondary N) is 1. The minimum atomic E-state index is -0.461. The Morgan fingerprint density at radius 2 is 1.90 bits per heavy atom. The minimum absolute atomic E-state index is 0.0848. The molecule has 1 atom stereocenters. The van der Waals surface area contributed by atoms with Gasteiger partial charge in [-0.3, -0.25) is 4.79 Å². The third-order valence-electron chi connectivity index (χ3n) is 3.36. The summed E-state index contributed by atoms with van der Waals surface area (Å²) in [5.41, 5.74) is 15.4. The van der Waals surface area contributed by atoms with E-state index >= 15 is 0 Å². The van der Waals surface area contributed by atoms with Crippen LogP contribution in [0, 0.1) is 6.92 Å². The molecule has 5 N–H and O–H groups in total. The Hall–Kier alpha value is -2.49. The summed E-state index contributed by atoms with van der Waals surface area (Å²) in [5, 5.41) is 3.33. The van der Waals surface area contributed by atoms with Crippen LogP contribution in [-0.4, -0.2) is 5.91 Å². The highest BCUT2D eigenvalue weighted by atomic mass is 16.1. The van der Waals surface area contributed by atoms with Gasteiger partial charge in [0.1, 0.15) is 0 Å². The number of benzene rings is 2. The Morgan fingerprint density at radius 1 is 1.20 bits per heavy atom. The van der Waals surface area contributed by atoms with E-state index in [9.17, 15) is 4.79 Å². The largest absolute Gasteiger partial charge is 0.397 e.